The predicted molar refractivity (Wildman–Crippen MR) is 144 cm³/mol. The SMILES string of the molecule is CC(C)CC(C(=O)N1CCC2C1C(=O)CN2C(=O)Oc1ccccc1)N(CC(C)C)C(=O)c1ccccc1. The summed E-state index contributed by atoms with van der Waals surface area (Å²) in [5, 5.41) is 0. The number of rotatable bonds is 8. The molecule has 3 amide bonds. The number of carbonyl (C=O) groups is 4. The molecule has 8 nitrogen and oxygen atoms in total. The van der Waals surface area contributed by atoms with Crippen LogP contribution in [0.3, 0.4) is 0 Å². The second-order valence-corrected chi connectivity index (χ2v) is 11.0. The summed E-state index contributed by atoms with van der Waals surface area (Å²) in [6.07, 6.45) is 0.370. The molecule has 2 aliphatic heterocycles. The summed E-state index contributed by atoms with van der Waals surface area (Å²) >= 11 is 0. The fraction of sp³-hybridized carbons (Fsp3) is 0.467. The first kappa shape index (κ1) is 27.4. The molecule has 0 N–H and O–H groups in total. The molecule has 3 atom stereocenters. The number of likely N-dealkylation sites (tertiary alicyclic amines) is 2. The maximum atomic E-state index is 14.1. The lowest BCUT2D eigenvalue weighted by atomic mass is 9.98. The molecule has 202 valence electrons. The van der Waals surface area contributed by atoms with Crippen molar-refractivity contribution in [3.63, 3.8) is 0 Å². The van der Waals surface area contributed by atoms with E-state index in [9.17, 15) is 19.2 Å². The van der Waals surface area contributed by atoms with Crippen molar-refractivity contribution in [3.8, 4) is 5.75 Å². The Morgan fingerprint density at radius 2 is 1.55 bits per heavy atom. The Kier molecular flexibility index (Phi) is 8.49. The second-order valence-electron chi connectivity index (χ2n) is 11.0. The number of para-hydroxylation sites is 1. The van der Waals surface area contributed by atoms with Gasteiger partial charge in [-0.15, -0.1) is 0 Å². The highest BCUT2D eigenvalue weighted by Crippen LogP contribution is 2.32. The number of ether oxygens (including phenoxy) is 1. The second kappa shape index (κ2) is 11.8. The molecular weight excluding hydrogens is 482 g/mol. The number of hydrogen-bond donors (Lipinski definition) is 0. The summed E-state index contributed by atoms with van der Waals surface area (Å²) in [6, 6.07) is 15.8. The van der Waals surface area contributed by atoms with E-state index in [4.69, 9.17) is 4.74 Å². The van der Waals surface area contributed by atoms with Crippen molar-refractivity contribution < 1.29 is 23.9 Å². The molecule has 2 fully saturated rings. The van der Waals surface area contributed by atoms with Gasteiger partial charge in [0.05, 0.1) is 12.6 Å². The van der Waals surface area contributed by atoms with E-state index in [1.54, 1.807) is 46.2 Å². The van der Waals surface area contributed by atoms with E-state index in [0.29, 0.717) is 37.2 Å². The number of fused-ring (bicyclic) bond motifs is 1. The van der Waals surface area contributed by atoms with Gasteiger partial charge in [0, 0.05) is 18.7 Å². The van der Waals surface area contributed by atoms with Gasteiger partial charge >= 0.3 is 6.09 Å². The van der Waals surface area contributed by atoms with Gasteiger partial charge in [-0.2, -0.15) is 0 Å². The van der Waals surface area contributed by atoms with Crippen LogP contribution in [0.5, 0.6) is 5.75 Å². The molecule has 2 aliphatic rings. The first-order valence-corrected chi connectivity index (χ1v) is 13.4. The van der Waals surface area contributed by atoms with E-state index in [1.807, 2.05) is 52.0 Å². The Morgan fingerprint density at radius 1 is 0.921 bits per heavy atom. The molecule has 0 aromatic heterocycles. The van der Waals surface area contributed by atoms with Crippen LogP contribution < -0.4 is 4.74 Å². The van der Waals surface area contributed by atoms with E-state index in [0.717, 1.165) is 0 Å². The predicted octanol–water partition coefficient (Wildman–Crippen LogP) is 4.25. The molecule has 2 heterocycles. The number of nitrogens with zero attached hydrogens (tertiary/aromatic N) is 3. The molecule has 0 aliphatic carbocycles. The highest BCUT2D eigenvalue weighted by Gasteiger charge is 2.53. The quantitative estimate of drug-likeness (QED) is 0.520. The van der Waals surface area contributed by atoms with Crippen molar-refractivity contribution in [1.29, 1.82) is 0 Å². The van der Waals surface area contributed by atoms with Crippen LogP contribution in [-0.2, 0) is 9.59 Å². The molecular formula is C30H37N3O5. The van der Waals surface area contributed by atoms with Crippen molar-refractivity contribution in [2.75, 3.05) is 19.6 Å². The number of Topliss-reactive ketones (excluding diaryl/α,β-unsaturated/α-hetero) is 1. The third-order valence-corrected chi connectivity index (χ3v) is 7.09. The van der Waals surface area contributed by atoms with E-state index in [-0.39, 0.29) is 36.0 Å². The highest BCUT2D eigenvalue weighted by molar-refractivity contribution is 6.00. The van der Waals surface area contributed by atoms with Gasteiger partial charge in [0.25, 0.3) is 5.91 Å². The van der Waals surface area contributed by atoms with Gasteiger partial charge in [0.2, 0.25) is 5.91 Å². The summed E-state index contributed by atoms with van der Waals surface area (Å²) in [5.74, 6) is 0.0895. The van der Waals surface area contributed by atoms with Gasteiger partial charge < -0.3 is 14.5 Å². The molecule has 2 aromatic carbocycles. The lowest BCUT2D eigenvalue weighted by molar-refractivity contribution is -0.141. The van der Waals surface area contributed by atoms with Crippen molar-refractivity contribution >= 4 is 23.7 Å². The molecule has 0 spiro atoms. The molecule has 2 aromatic rings. The van der Waals surface area contributed by atoms with Crippen molar-refractivity contribution in [2.45, 2.75) is 58.7 Å². The highest BCUT2D eigenvalue weighted by atomic mass is 16.6. The Hall–Kier alpha value is -3.68. The zero-order chi connectivity index (χ0) is 27.4. The fourth-order valence-electron chi connectivity index (χ4n) is 5.46. The molecule has 8 heteroatoms. The third-order valence-electron chi connectivity index (χ3n) is 7.09. The van der Waals surface area contributed by atoms with Crippen LogP contribution >= 0.6 is 0 Å². The van der Waals surface area contributed by atoms with Gasteiger partial charge in [0.1, 0.15) is 17.8 Å². The van der Waals surface area contributed by atoms with Crippen LogP contribution in [0.2, 0.25) is 0 Å². The minimum absolute atomic E-state index is 0.0989. The molecule has 0 radical (unpaired) electrons. The Morgan fingerprint density at radius 3 is 2.16 bits per heavy atom. The third kappa shape index (κ3) is 5.90. The Balaban J connectivity index is 1.57. The standard InChI is InChI=1S/C30H37N3O5/c1-20(2)17-25(32(18-21(3)4)28(35)22-11-7-5-8-12-22)29(36)31-16-15-24-27(31)26(34)19-33(24)30(37)38-23-13-9-6-10-14-23/h5-14,20-21,24-25,27H,15-19H2,1-4H3. The Bertz CT molecular complexity index is 1150. The molecule has 0 saturated carbocycles. The summed E-state index contributed by atoms with van der Waals surface area (Å²) in [4.78, 5) is 58.6. The van der Waals surface area contributed by atoms with E-state index < -0.39 is 24.2 Å². The Labute approximate surface area is 224 Å². The topological polar surface area (TPSA) is 87.2 Å². The summed E-state index contributed by atoms with van der Waals surface area (Å²) in [5.41, 5.74) is 0.528. The molecule has 3 unspecified atom stereocenters. The van der Waals surface area contributed by atoms with Gasteiger partial charge in [0.15, 0.2) is 5.78 Å². The van der Waals surface area contributed by atoms with Gasteiger partial charge in [-0.25, -0.2) is 4.79 Å². The average molecular weight is 520 g/mol. The number of ketones is 1. The fourth-order valence-corrected chi connectivity index (χ4v) is 5.46. The van der Waals surface area contributed by atoms with Crippen LogP contribution in [0.15, 0.2) is 60.7 Å². The zero-order valence-corrected chi connectivity index (χ0v) is 22.6. The summed E-state index contributed by atoms with van der Waals surface area (Å²) in [6.45, 7) is 8.75. The van der Waals surface area contributed by atoms with Crippen LogP contribution in [0.4, 0.5) is 4.79 Å². The number of benzene rings is 2. The smallest absolute Gasteiger partial charge is 0.410 e. The average Bonchev–Trinajstić information content (AvgIpc) is 3.47. The maximum absolute atomic E-state index is 14.1. The normalized spacial score (nSPS) is 19.6. The lowest BCUT2D eigenvalue weighted by Crippen LogP contribution is -2.55. The van der Waals surface area contributed by atoms with Gasteiger partial charge in [-0.1, -0.05) is 64.1 Å². The monoisotopic (exact) mass is 519 g/mol. The van der Waals surface area contributed by atoms with Crippen LogP contribution in [0.1, 0.15) is 50.9 Å². The minimum Gasteiger partial charge on any atom is -0.410 e. The zero-order valence-electron chi connectivity index (χ0n) is 22.6. The van der Waals surface area contributed by atoms with E-state index in [1.165, 1.54) is 4.90 Å². The minimum atomic E-state index is -0.729. The van der Waals surface area contributed by atoms with Crippen molar-refractivity contribution in [1.82, 2.24) is 14.7 Å². The van der Waals surface area contributed by atoms with E-state index >= 15 is 0 Å². The number of hydrogen-bond acceptors (Lipinski definition) is 5. The molecule has 4 rings (SSSR count). The van der Waals surface area contributed by atoms with Crippen molar-refractivity contribution in [2.24, 2.45) is 11.8 Å². The first-order valence-electron chi connectivity index (χ1n) is 13.4. The summed E-state index contributed by atoms with van der Waals surface area (Å²) in [7, 11) is 0. The lowest BCUT2D eigenvalue weighted by Gasteiger charge is -2.37. The number of amides is 3. The largest absolute Gasteiger partial charge is 0.415 e. The van der Waals surface area contributed by atoms with Crippen molar-refractivity contribution in [3.05, 3.63) is 66.2 Å². The van der Waals surface area contributed by atoms with E-state index in [2.05, 4.69) is 0 Å². The van der Waals surface area contributed by atoms with Crippen LogP contribution in [0, 0.1) is 11.8 Å². The number of carbonyl (C=O) groups excluding carboxylic acids is 4. The van der Waals surface area contributed by atoms with Crippen LogP contribution in [-0.4, -0.2) is 76.2 Å². The molecule has 2 saturated heterocycles. The van der Waals surface area contributed by atoms with Gasteiger partial charge in [-0.3, -0.25) is 19.3 Å². The molecule has 38 heavy (non-hydrogen) atoms. The van der Waals surface area contributed by atoms with Gasteiger partial charge in [-0.05, 0) is 48.9 Å². The summed E-state index contributed by atoms with van der Waals surface area (Å²) < 4.78 is 5.49. The maximum Gasteiger partial charge on any atom is 0.415 e. The molecule has 0 bridgehead atoms. The first-order chi connectivity index (χ1) is 18.2. The van der Waals surface area contributed by atoms with Crippen LogP contribution in [0.25, 0.3) is 0 Å².